The number of hydrogen-bond donors (Lipinski definition) is 1. The molecule has 1 aromatic heterocycles. The van der Waals surface area contributed by atoms with Crippen LogP contribution in [0.3, 0.4) is 0 Å². The first kappa shape index (κ1) is 15.8. The summed E-state index contributed by atoms with van der Waals surface area (Å²) in [6, 6.07) is 1.89. The van der Waals surface area contributed by atoms with Crippen LogP contribution in [0.2, 0.25) is 0 Å². The molecule has 2 unspecified atom stereocenters. The molecule has 1 amide bonds. The summed E-state index contributed by atoms with van der Waals surface area (Å²) >= 11 is 4.82. The Labute approximate surface area is 127 Å². The van der Waals surface area contributed by atoms with E-state index in [9.17, 15) is 18.0 Å². The molecule has 2 nitrogen and oxygen atoms in total. The lowest BCUT2D eigenvalue weighted by molar-refractivity contribution is -0.186. The first-order valence-electron chi connectivity index (χ1n) is 6.43. The lowest BCUT2D eigenvalue weighted by Gasteiger charge is -2.29. The molecule has 2 atom stereocenters. The molecular weight excluding hydrogens is 355 g/mol. The number of amides is 1. The molecule has 0 aliphatic heterocycles. The van der Waals surface area contributed by atoms with E-state index in [4.69, 9.17) is 0 Å². The van der Waals surface area contributed by atoms with Crippen molar-refractivity contribution in [1.82, 2.24) is 5.32 Å². The van der Waals surface area contributed by atoms with E-state index in [0.29, 0.717) is 19.4 Å². The molecule has 0 bridgehead atoms. The Morgan fingerprint density at radius 1 is 1.45 bits per heavy atom. The Kier molecular flexibility index (Phi) is 5.12. The molecule has 0 spiro atoms. The zero-order chi connectivity index (χ0) is 14.8. The number of carbonyl (C=O) groups excluding carboxylic acids is 1. The fourth-order valence-corrected chi connectivity index (χ4v) is 3.88. The maximum Gasteiger partial charge on any atom is 0.391 e. The van der Waals surface area contributed by atoms with Gasteiger partial charge in [-0.25, -0.2) is 0 Å². The lowest BCUT2D eigenvalue weighted by atomic mass is 9.80. The van der Waals surface area contributed by atoms with Crippen LogP contribution >= 0.6 is 27.3 Å². The smallest absolute Gasteiger partial charge is 0.351 e. The molecule has 0 saturated heterocycles. The van der Waals surface area contributed by atoms with Crippen LogP contribution in [0.5, 0.6) is 0 Å². The number of halogens is 4. The predicted molar refractivity (Wildman–Crippen MR) is 75.4 cm³/mol. The fraction of sp³-hybridized carbons (Fsp3) is 0.615. The van der Waals surface area contributed by atoms with Gasteiger partial charge in [0.25, 0.3) is 0 Å². The number of alkyl halides is 3. The van der Waals surface area contributed by atoms with Gasteiger partial charge >= 0.3 is 6.18 Å². The standard InChI is InChI=1S/C13H15BrF3NOS/c14-10-5-11(20-7-10)6-18-12(19)8-2-1-3-9(4-8)13(15,16)17/h5,7-9H,1-4,6H2,(H,18,19). The largest absolute Gasteiger partial charge is 0.391 e. The van der Waals surface area contributed by atoms with Crippen LogP contribution < -0.4 is 5.32 Å². The van der Waals surface area contributed by atoms with Gasteiger partial charge in [-0.3, -0.25) is 4.79 Å². The van der Waals surface area contributed by atoms with Crippen LogP contribution in [-0.4, -0.2) is 12.1 Å². The van der Waals surface area contributed by atoms with Crippen molar-refractivity contribution in [3.8, 4) is 0 Å². The van der Waals surface area contributed by atoms with Crippen molar-refractivity contribution in [1.29, 1.82) is 0 Å². The van der Waals surface area contributed by atoms with Gasteiger partial charge in [-0.15, -0.1) is 11.3 Å². The highest BCUT2D eigenvalue weighted by Gasteiger charge is 2.43. The van der Waals surface area contributed by atoms with Gasteiger partial charge in [0.15, 0.2) is 0 Å². The number of hydrogen-bond acceptors (Lipinski definition) is 2. The number of thiophene rings is 1. The van der Waals surface area contributed by atoms with E-state index >= 15 is 0 Å². The number of rotatable bonds is 3. The first-order chi connectivity index (χ1) is 9.36. The van der Waals surface area contributed by atoms with E-state index in [1.165, 1.54) is 11.3 Å². The van der Waals surface area contributed by atoms with Crippen molar-refractivity contribution in [2.75, 3.05) is 0 Å². The molecule has 20 heavy (non-hydrogen) atoms. The van der Waals surface area contributed by atoms with E-state index in [0.717, 1.165) is 9.35 Å². The zero-order valence-corrected chi connectivity index (χ0v) is 13.1. The highest BCUT2D eigenvalue weighted by Crippen LogP contribution is 2.39. The summed E-state index contributed by atoms with van der Waals surface area (Å²) in [5.41, 5.74) is 0. The van der Waals surface area contributed by atoms with Crippen LogP contribution in [0, 0.1) is 11.8 Å². The van der Waals surface area contributed by atoms with Crippen molar-refractivity contribution in [2.45, 2.75) is 38.4 Å². The van der Waals surface area contributed by atoms with Gasteiger partial charge in [0, 0.05) is 20.6 Å². The van der Waals surface area contributed by atoms with Gasteiger partial charge < -0.3 is 5.32 Å². The van der Waals surface area contributed by atoms with Gasteiger partial charge in [-0.05, 0) is 41.3 Å². The highest BCUT2D eigenvalue weighted by molar-refractivity contribution is 9.10. The molecule has 0 aromatic carbocycles. The van der Waals surface area contributed by atoms with Crippen LogP contribution in [-0.2, 0) is 11.3 Å². The third-order valence-corrected chi connectivity index (χ3v) is 5.26. The fourth-order valence-electron chi connectivity index (χ4n) is 2.49. The molecule has 0 radical (unpaired) electrons. The molecule has 1 aliphatic rings. The van der Waals surface area contributed by atoms with Crippen LogP contribution in [0.1, 0.15) is 30.6 Å². The summed E-state index contributed by atoms with van der Waals surface area (Å²) in [5.74, 6) is -2.11. The van der Waals surface area contributed by atoms with Crippen LogP contribution in [0.25, 0.3) is 0 Å². The minimum atomic E-state index is -4.18. The molecular formula is C13H15BrF3NOS. The van der Waals surface area contributed by atoms with Gasteiger partial charge in [0.1, 0.15) is 0 Å². The van der Waals surface area contributed by atoms with Gasteiger partial charge in [0.05, 0.1) is 12.5 Å². The van der Waals surface area contributed by atoms with Gasteiger partial charge in [0.2, 0.25) is 5.91 Å². The summed E-state index contributed by atoms with van der Waals surface area (Å²) in [6.07, 6.45) is -3.11. The minimum Gasteiger partial charge on any atom is -0.351 e. The summed E-state index contributed by atoms with van der Waals surface area (Å²) < 4.78 is 39.0. The Balaban J connectivity index is 1.86. The molecule has 1 aliphatic carbocycles. The van der Waals surface area contributed by atoms with Crippen molar-refractivity contribution in [3.05, 3.63) is 20.8 Å². The maximum absolute atomic E-state index is 12.7. The SMILES string of the molecule is O=C(NCc1cc(Br)cs1)C1CCCC(C(F)(F)F)C1. The summed E-state index contributed by atoms with van der Waals surface area (Å²) in [5, 5.41) is 4.64. The van der Waals surface area contributed by atoms with E-state index in [-0.39, 0.29) is 18.7 Å². The second-order valence-corrected chi connectivity index (χ2v) is 6.96. The molecule has 1 saturated carbocycles. The lowest BCUT2D eigenvalue weighted by Crippen LogP contribution is -2.37. The monoisotopic (exact) mass is 369 g/mol. The van der Waals surface area contributed by atoms with Gasteiger partial charge in [-0.1, -0.05) is 6.42 Å². The molecule has 1 aromatic rings. The van der Waals surface area contributed by atoms with Crippen LogP contribution in [0.15, 0.2) is 15.9 Å². The quantitative estimate of drug-likeness (QED) is 0.834. The summed E-state index contributed by atoms with van der Waals surface area (Å²) in [4.78, 5) is 12.9. The van der Waals surface area contributed by atoms with Crippen molar-refractivity contribution in [3.63, 3.8) is 0 Å². The Bertz CT molecular complexity index is 474. The Morgan fingerprint density at radius 2 is 2.20 bits per heavy atom. The average molecular weight is 370 g/mol. The van der Waals surface area contributed by atoms with E-state index in [1.807, 2.05) is 11.4 Å². The van der Waals surface area contributed by atoms with Crippen LogP contribution in [0.4, 0.5) is 13.2 Å². The first-order valence-corrected chi connectivity index (χ1v) is 8.11. The Hall–Kier alpha value is -0.560. The molecule has 112 valence electrons. The molecule has 1 fully saturated rings. The van der Waals surface area contributed by atoms with Gasteiger partial charge in [-0.2, -0.15) is 13.2 Å². The third kappa shape index (κ3) is 4.22. The second-order valence-electron chi connectivity index (χ2n) is 5.05. The number of carbonyl (C=O) groups is 1. The van der Waals surface area contributed by atoms with Crippen molar-refractivity contribution < 1.29 is 18.0 Å². The molecule has 2 rings (SSSR count). The predicted octanol–water partition coefficient (Wildman–Crippen LogP) is 4.50. The third-order valence-electron chi connectivity index (χ3n) is 3.57. The normalized spacial score (nSPS) is 23.6. The topological polar surface area (TPSA) is 29.1 Å². The van der Waals surface area contributed by atoms with Crippen molar-refractivity contribution >= 4 is 33.2 Å². The van der Waals surface area contributed by atoms with E-state index in [2.05, 4.69) is 21.2 Å². The second kappa shape index (κ2) is 6.47. The molecule has 1 heterocycles. The minimum absolute atomic E-state index is 0.0799. The number of nitrogens with one attached hydrogen (secondary N) is 1. The molecule has 7 heteroatoms. The maximum atomic E-state index is 12.7. The Morgan fingerprint density at radius 3 is 2.80 bits per heavy atom. The average Bonchev–Trinajstić information content (AvgIpc) is 2.81. The molecule has 1 N–H and O–H groups in total. The van der Waals surface area contributed by atoms with E-state index in [1.54, 1.807) is 0 Å². The van der Waals surface area contributed by atoms with Crippen molar-refractivity contribution in [2.24, 2.45) is 11.8 Å². The zero-order valence-electron chi connectivity index (χ0n) is 10.7. The summed E-state index contributed by atoms with van der Waals surface area (Å²) in [6.45, 7) is 0.377. The summed E-state index contributed by atoms with van der Waals surface area (Å²) in [7, 11) is 0. The highest BCUT2D eigenvalue weighted by atomic mass is 79.9. The van der Waals surface area contributed by atoms with E-state index < -0.39 is 18.0 Å².